The van der Waals surface area contributed by atoms with E-state index in [2.05, 4.69) is 0 Å². The first-order valence-electron chi connectivity index (χ1n) is 24.4. The minimum atomic E-state index is -3.95. The van der Waals surface area contributed by atoms with Gasteiger partial charge in [-0.3, -0.25) is 9.59 Å². The van der Waals surface area contributed by atoms with Crippen molar-refractivity contribution in [2.24, 2.45) is 0 Å². The molecule has 2 unspecified atom stereocenters. The standard InChI is InChI=1S/C64H54O12/c65-59(37-33-47-31-35-55(71-41-49-19-7-1-8-20-49)57(39-47)73-43-51-23-11-3-12-24-51)63(69,61(67)75-45-53-27-15-5-16-28-53)64(70,62(68)76-46-54-29-17-6-18-30-54)60(66)38-34-48-32-36-56(72-42-50-21-9-2-10-22-50)58(40-48)74-44-52-25-13-4-14-26-52/h1-40,69-70H,41-46H2. The van der Waals surface area contributed by atoms with E-state index in [9.17, 15) is 29.4 Å². The van der Waals surface area contributed by atoms with E-state index in [1.165, 1.54) is 12.2 Å². The average molecular weight is 1020 g/mol. The van der Waals surface area contributed by atoms with Gasteiger partial charge in [-0.25, -0.2) is 9.59 Å². The van der Waals surface area contributed by atoms with Crippen molar-refractivity contribution in [3.63, 3.8) is 0 Å². The second-order valence-electron chi connectivity index (χ2n) is 17.4. The Labute approximate surface area is 440 Å². The molecule has 12 heteroatoms. The summed E-state index contributed by atoms with van der Waals surface area (Å²) in [4.78, 5) is 58.6. The Balaban J connectivity index is 1.14. The van der Waals surface area contributed by atoms with Gasteiger partial charge in [0.25, 0.3) is 11.2 Å². The monoisotopic (exact) mass is 1010 g/mol. The molecule has 382 valence electrons. The Morgan fingerprint density at radius 3 is 0.855 bits per heavy atom. The van der Waals surface area contributed by atoms with Gasteiger partial charge in [0.05, 0.1) is 0 Å². The summed E-state index contributed by atoms with van der Waals surface area (Å²) < 4.78 is 35.8. The van der Waals surface area contributed by atoms with Gasteiger partial charge >= 0.3 is 11.9 Å². The molecule has 0 aliphatic carbocycles. The minimum Gasteiger partial charge on any atom is -0.485 e. The smallest absolute Gasteiger partial charge is 0.351 e. The van der Waals surface area contributed by atoms with Crippen LogP contribution in [0.2, 0.25) is 0 Å². The number of aliphatic hydroxyl groups is 2. The highest BCUT2D eigenvalue weighted by molar-refractivity contribution is 6.27. The van der Waals surface area contributed by atoms with Crippen LogP contribution < -0.4 is 18.9 Å². The van der Waals surface area contributed by atoms with Gasteiger partial charge in [-0.2, -0.15) is 0 Å². The van der Waals surface area contributed by atoms with E-state index in [1.807, 2.05) is 121 Å². The lowest BCUT2D eigenvalue weighted by Crippen LogP contribution is -2.71. The van der Waals surface area contributed by atoms with E-state index in [1.54, 1.807) is 97.1 Å². The molecular formula is C64H54O12. The van der Waals surface area contributed by atoms with Crippen molar-refractivity contribution in [3.8, 4) is 23.0 Å². The topological polar surface area (TPSA) is 164 Å². The van der Waals surface area contributed by atoms with Crippen molar-refractivity contribution < 1.29 is 57.8 Å². The third kappa shape index (κ3) is 13.8. The van der Waals surface area contributed by atoms with E-state index in [0.29, 0.717) is 33.8 Å². The zero-order valence-electron chi connectivity index (χ0n) is 41.3. The van der Waals surface area contributed by atoms with Gasteiger partial charge in [0.15, 0.2) is 23.0 Å². The van der Waals surface area contributed by atoms with Crippen LogP contribution in [0.5, 0.6) is 23.0 Å². The summed E-state index contributed by atoms with van der Waals surface area (Å²) in [6, 6.07) is 64.1. The predicted octanol–water partition coefficient (Wildman–Crippen LogP) is 10.8. The lowest BCUT2D eigenvalue weighted by Gasteiger charge is -2.35. The molecule has 0 radical (unpaired) electrons. The molecule has 0 aliphatic heterocycles. The fourth-order valence-electron chi connectivity index (χ4n) is 7.76. The molecular weight excluding hydrogens is 961 g/mol. The number of rotatable bonds is 25. The van der Waals surface area contributed by atoms with Crippen LogP contribution in [0.25, 0.3) is 12.2 Å². The number of carbonyl (C=O) groups is 4. The number of hydrogen-bond acceptors (Lipinski definition) is 12. The van der Waals surface area contributed by atoms with Gasteiger partial charge in [0.2, 0.25) is 11.6 Å². The summed E-state index contributed by atoms with van der Waals surface area (Å²) in [5.74, 6) is -5.45. The van der Waals surface area contributed by atoms with Gasteiger partial charge in [-0.1, -0.05) is 206 Å². The molecule has 8 rings (SSSR count). The third-order valence-corrected chi connectivity index (χ3v) is 12.0. The van der Waals surface area contributed by atoms with Gasteiger partial charge in [0, 0.05) is 0 Å². The summed E-state index contributed by atoms with van der Waals surface area (Å²) in [7, 11) is 0. The van der Waals surface area contributed by atoms with E-state index in [4.69, 9.17) is 28.4 Å². The molecule has 0 bridgehead atoms. The Kier molecular flexibility index (Phi) is 18.1. The zero-order chi connectivity index (χ0) is 53.0. The van der Waals surface area contributed by atoms with Gasteiger partial charge in [-0.05, 0) is 80.9 Å². The van der Waals surface area contributed by atoms with Crippen LogP contribution >= 0.6 is 0 Å². The van der Waals surface area contributed by atoms with Crippen LogP contribution in [0.15, 0.2) is 231 Å². The first-order chi connectivity index (χ1) is 37.1. The molecule has 0 aromatic heterocycles. The molecule has 76 heavy (non-hydrogen) atoms. The lowest BCUT2D eigenvalue weighted by atomic mass is 9.75. The maximum absolute atomic E-state index is 14.8. The summed E-state index contributed by atoms with van der Waals surface area (Å²) in [6.07, 6.45) is 3.98. The summed E-state index contributed by atoms with van der Waals surface area (Å²) in [5.41, 5.74) is -2.86. The first-order valence-corrected chi connectivity index (χ1v) is 24.4. The van der Waals surface area contributed by atoms with Crippen molar-refractivity contribution in [1.82, 2.24) is 0 Å². The van der Waals surface area contributed by atoms with Crippen LogP contribution in [0.3, 0.4) is 0 Å². The van der Waals surface area contributed by atoms with Crippen molar-refractivity contribution in [1.29, 1.82) is 0 Å². The number of esters is 2. The van der Waals surface area contributed by atoms with Gasteiger partial charge in [-0.15, -0.1) is 0 Å². The zero-order valence-corrected chi connectivity index (χ0v) is 41.3. The summed E-state index contributed by atoms with van der Waals surface area (Å²) in [6.45, 7) is -0.293. The fourth-order valence-corrected chi connectivity index (χ4v) is 7.76. The van der Waals surface area contributed by atoms with Crippen molar-refractivity contribution in [3.05, 3.63) is 275 Å². The Morgan fingerprint density at radius 2 is 0.579 bits per heavy atom. The number of ether oxygens (including phenoxy) is 6. The van der Waals surface area contributed by atoms with Crippen LogP contribution in [-0.4, -0.2) is 44.9 Å². The van der Waals surface area contributed by atoms with Crippen LogP contribution in [-0.2, 0) is 68.3 Å². The highest BCUT2D eigenvalue weighted by Crippen LogP contribution is 2.35. The Morgan fingerprint density at radius 1 is 0.329 bits per heavy atom. The number of benzene rings is 8. The molecule has 0 saturated heterocycles. The van der Waals surface area contributed by atoms with E-state index in [-0.39, 0.29) is 37.9 Å². The first kappa shape index (κ1) is 52.9. The summed E-state index contributed by atoms with van der Waals surface area (Å²) >= 11 is 0. The highest BCUT2D eigenvalue weighted by atomic mass is 16.6. The van der Waals surface area contributed by atoms with Gasteiger partial charge < -0.3 is 38.6 Å². The average Bonchev–Trinajstić information content (AvgIpc) is 3.49. The SMILES string of the molecule is O=C(C=Cc1ccc(OCc2ccccc2)c(OCc2ccccc2)c1)C(O)(C(=O)OCc1ccccc1)C(O)(C(=O)C=Cc1ccc(OCc2ccccc2)c(OCc2ccccc2)c1)C(=O)OCc1ccccc1. The van der Waals surface area contributed by atoms with Crippen LogP contribution in [0, 0.1) is 0 Å². The largest absolute Gasteiger partial charge is 0.485 e. The maximum Gasteiger partial charge on any atom is 0.351 e. The molecule has 0 amide bonds. The predicted molar refractivity (Wildman–Crippen MR) is 286 cm³/mol. The lowest BCUT2D eigenvalue weighted by molar-refractivity contribution is -0.211. The van der Waals surface area contributed by atoms with E-state index >= 15 is 0 Å². The molecule has 8 aromatic carbocycles. The molecule has 0 saturated carbocycles. The molecule has 0 aliphatic rings. The molecule has 12 nitrogen and oxygen atoms in total. The molecule has 0 heterocycles. The van der Waals surface area contributed by atoms with E-state index in [0.717, 1.165) is 34.4 Å². The third-order valence-electron chi connectivity index (χ3n) is 12.0. The number of carbonyl (C=O) groups excluding carboxylic acids is 4. The number of ketones is 2. The van der Waals surface area contributed by atoms with Crippen LogP contribution in [0.1, 0.15) is 44.5 Å². The minimum absolute atomic E-state index is 0.156. The second-order valence-corrected chi connectivity index (χ2v) is 17.4. The fraction of sp³-hybridized carbons (Fsp3) is 0.125. The molecule has 0 spiro atoms. The summed E-state index contributed by atoms with van der Waals surface area (Å²) in [5, 5.41) is 25.4. The maximum atomic E-state index is 14.8. The van der Waals surface area contributed by atoms with Crippen molar-refractivity contribution in [2.75, 3.05) is 0 Å². The highest BCUT2D eigenvalue weighted by Gasteiger charge is 2.69. The van der Waals surface area contributed by atoms with Crippen LogP contribution in [0.4, 0.5) is 0 Å². The van der Waals surface area contributed by atoms with E-state index < -0.39 is 47.9 Å². The quantitative estimate of drug-likeness (QED) is 0.0317. The molecule has 2 atom stereocenters. The number of hydrogen-bond donors (Lipinski definition) is 2. The normalized spacial score (nSPS) is 12.7. The molecule has 8 aromatic rings. The Bertz CT molecular complexity index is 3020. The van der Waals surface area contributed by atoms with Crippen molar-refractivity contribution in [2.45, 2.75) is 50.8 Å². The Hall–Kier alpha value is -9.36. The van der Waals surface area contributed by atoms with Crippen molar-refractivity contribution >= 4 is 35.7 Å². The van der Waals surface area contributed by atoms with Gasteiger partial charge in [0.1, 0.15) is 39.6 Å². The molecule has 0 fully saturated rings. The molecule has 2 N–H and O–H groups in total. The second kappa shape index (κ2) is 26.0.